The number of non-ortho nitro benzene ring substituents is 1. The highest BCUT2D eigenvalue weighted by atomic mass is 35.5. The first kappa shape index (κ1) is 23.7. The fourth-order valence-corrected chi connectivity index (χ4v) is 4.23. The van der Waals surface area contributed by atoms with Gasteiger partial charge in [-0.2, -0.15) is 0 Å². The molecule has 0 aliphatic rings. The average Bonchev–Trinajstić information content (AvgIpc) is 3.08. The number of hydrogen-bond donors (Lipinski definition) is 0. The summed E-state index contributed by atoms with van der Waals surface area (Å²) in [5, 5.41) is 11.5. The number of nitrogens with zero attached hydrogens (tertiary/aromatic N) is 4. The number of hydrogen-bond acceptors (Lipinski definition) is 6. The van der Waals surface area contributed by atoms with Gasteiger partial charge in [0.2, 0.25) is 0 Å². The zero-order valence-electron chi connectivity index (χ0n) is 17.4. The number of thiazole rings is 1. The number of aryl methyl sites for hydroxylation is 2. The van der Waals surface area contributed by atoms with Crippen LogP contribution < -0.4 is 4.90 Å². The second-order valence-corrected chi connectivity index (χ2v) is 8.32. The molecule has 0 spiro atoms. The lowest BCUT2D eigenvalue weighted by atomic mass is 10.1. The number of benzene rings is 2. The van der Waals surface area contributed by atoms with Gasteiger partial charge in [0.15, 0.2) is 5.13 Å². The number of halogens is 1. The minimum absolute atomic E-state index is 0. The van der Waals surface area contributed by atoms with Crippen molar-refractivity contribution in [3.8, 4) is 0 Å². The molecule has 0 bridgehead atoms. The van der Waals surface area contributed by atoms with Crippen LogP contribution in [0.4, 0.5) is 10.8 Å². The van der Waals surface area contributed by atoms with Crippen LogP contribution in [-0.2, 0) is 0 Å². The predicted octanol–water partition coefficient (Wildman–Crippen LogP) is 4.84. The quantitative estimate of drug-likeness (QED) is 0.381. The summed E-state index contributed by atoms with van der Waals surface area (Å²) < 4.78 is 1.07. The second-order valence-electron chi connectivity index (χ2n) is 7.34. The molecule has 9 heteroatoms. The largest absolute Gasteiger partial charge is 0.309 e. The molecule has 0 fully saturated rings. The fraction of sp³-hybridized carbons (Fsp3) is 0.333. The van der Waals surface area contributed by atoms with Gasteiger partial charge in [-0.3, -0.25) is 19.8 Å². The number of anilines is 1. The smallest absolute Gasteiger partial charge is 0.269 e. The third kappa shape index (κ3) is 5.33. The third-order valence-electron chi connectivity index (χ3n) is 4.60. The summed E-state index contributed by atoms with van der Waals surface area (Å²) in [4.78, 5) is 32.1. The number of nitro groups is 1. The van der Waals surface area contributed by atoms with E-state index in [0.29, 0.717) is 17.2 Å². The molecule has 1 aromatic heterocycles. The maximum Gasteiger partial charge on any atom is 0.269 e. The lowest BCUT2D eigenvalue weighted by Crippen LogP contribution is -2.33. The Bertz CT molecular complexity index is 1050. The van der Waals surface area contributed by atoms with E-state index < -0.39 is 4.92 Å². The van der Waals surface area contributed by atoms with Crippen LogP contribution in [0.25, 0.3) is 10.2 Å². The van der Waals surface area contributed by atoms with Crippen LogP contribution in [0.15, 0.2) is 36.4 Å². The molecule has 0 radical (unpaired) electrons. The van der Waals surface area contributed by atoms with Crippen LogP contribution in [0.2, 0.25) is 0 Å². The highest BCUT2D eigenvalue weighted by molar-refractivity contribution is 7.22. The van der Waals surface area contributed by atoms with E-state index in [0.717, 1.165) is 34.3 Å². The molecule has 160 valence electrons. The van der Waals surface area contributed by atoms with Crippen LogP contribution in [0.1, 0.15) is 27.9 Å². The van der Waals surface area contributed by atoms with E-state index in [1.807, 2.05) is 34.0 Å². The van der Waals surface area contributed by atoms with Crippen molar-refractivity contribution in [2.24, 2.45) is 0 Å². The van der Waals surface area contributed by atoms with Gasteiger partial charge in [-0.25, -0.2) is 4.98 Å². The summed E-state index contributed by atoms with van der Waals surface area (Å²) in [6.07, 6.45) is 0.791. The predicted molar refractivity (Wildman–Crippen MR) is 124 cm³/mol. The van der Waals surface area contributed by atoms with E-state index in [1.54, 1.807) is 4.90 Å². The first-order valence-corrected chi connectivity index (χ1v) is 10.2. The Kier molecular flexibility index (Phi) is 7.89. The molecule has 7 nitrogen and oxygen atoms in total. The van der Waals surface area contributed by atoms with E-state index in [-0.39, 0.29) is 24.0 Å². The van der Waals surface area contributed by atoms with Gasteiger partial charge >= 0.3 is 0 Å². The average molecular weight is 449 g/mol. The van der Waals surface area contributed by atoms with E-state index in [2.05, 4.69) is 11.0 Å². The number of aromatic nitrogens is 1. The molecule has 0 saturated carbocycles. The maximum absolute atomic E-state index is 13.2. The fourth-order valence-electron chi connectivity index (χ4n) is 3.19. The van der Waals surface area contributed by atoms with Crippen molar-refractivity contribution in [1.82, 2.24) is 9.88 Å². The van der Waals surface area contributed by atoms with Crippen molar-refractivity contribution in [3.63, 3.8) is 0 Å². The maximum atomic E-state index is 13.2. The highest BCUT2D eigenvalue weighted by Crippen LogP contribution is 2.33. The van der Waals surface area contributed by atoms with Gasteiger partial charge in [0, 0.05) is 24.2 Å². The Morgan fingerprint density at radius 1 is 1.13 bits per heavy atom. The van der Waals surface area contributed by atoms with Crippen LogP contribution in [-0.4, -0.2) is 47.9 Å². The molecular weight excluding hydrogens is 424 g/mol. The van der Waals surface area contributed by atoms with E-state index in [4.69, 9.17) is 4.98 Å². The number of nitro benzene ring substituents is 1. The molecule has 0 unspecified atom stereocenters. The van der Waals surface area contributed by atoms with Crippen LogP contribution in [0, 0.1) is 24.0 Å². The van der Waals surface area contributed by atoms with Crippen molar-refractivity contribution in [1.29, 1.82) is 0 Å². The minimum atomic E-state index is -0.470. The van der Waals surface area contributed by atoms with Gasteiger partial charge in [-0.1, -0.05) is 17.4 Å². The van der Waals surface area contributed by atoms with Crippen molar-refractivity contribution >= 4 is 50.7 Å². The van der Waals surface area contributed by atoms with E-state index in [1.165, 1.54) is 35.6 Å². The van der Waals surface area contributed by atoms with Crippen LogP contribution in [0.3, 0.4) is 0 Å². The third-order valence-corrected chi connectivity index (χ3v) is 5.83. The Labute approximate surface area is 185 Å². The topological polar surface area (TPSA) is 79.6 Å². The summed E-state index contributed by atoms with van der Waals surface area (Å²) >= 11 is 1.50. The summed E-state index contributed by atoms with van der Waals surface area (Å²) in [5.41, 5.74) is 3.53. The lowest BCUT2D eigenvalue weighted by molar-refractivity contribution is -0.384. The Morgan fingerprint density at radius 2 is 1.80 bits per heavy atom. The van der Waals surface area contributed by atoms with Crippen LogP contribution in [0.5, 0.6) is 0 Å². The molecule has 1 amide bonds. The van der Waals surface area contributed by atoms with Gasteiger partial charge in [0.1, 0.15) is 0 Å². The molecular formula is C21H25ClN4O3S. The molecule has 30 heavy (non-hydrogen) atoms. The van der Waals surface area contributed by atoms with Crippen molar-refractivity contribution < 1.29 is 9.72 Å². The van der Waals surface area contributed by atoms with Gasteiger partial charge in [0.25, 0.3) is 11.6 Å². The van der Waals surface area contributed by atoms with Gasteiger partial charge in [0.05, 0.1) is 15.1 Å². The first-order chi connectivity index (χ1) is 13.8. The molecule has 2 aromatic carbocycles. The Balaban J connectivity index is 0.00000320. The number of carbonyl (C=O) groups is 1. The number of rotatable bonds is 7. The van der Waals surface area contributed by atoms with Crippen molar-refractivity contribution in [3.05, 3.63) is 63.2 Å². The van der Waals surface area contributed by atoms with Crippen LogP contribution >= 0.6 is 23.7 Å². The van der Waals surface area contributed by atoms with Crippen molar-refractivity contribution in [2.45, 2.75) is 20.3 Å². The van der Waals surface area contributed by atoms with E-state index in [9.17, 15) is 14.9 Å². The summed E-state index contributed by atoms with van der Waals surface area (Å²) in [6, 6.07) is 9.86. The normalized spacial score (nSPS) is 10.8. The van der Waals surface area contributed by atoms with Gasteiger partial charge in [-0.15, -0.1) is 12.4 Å². The second kappa shape index (κ2) is 9.97. The number of carbonyl (C=O) groups excluding carboxylic acids is 1. The monoisotopic (exact) mass is 448 g/mol. The Hall–Kier alpha value is -2.55. The molecule has 3 rings (SSSR count). The van der Waals surface area contributed by atoms with E-state index >= 15 is 0 Å². The molecule has 0 atom stereocenters. The summed E-state index contributed by atoms with van der Waals surface area (Å²) in [5.74, 6) is -0.202. The summed E-state index contributed by atoms with van der Waals surface area (Å²) in [7, 11) is 3.98. The molecule has 0 aliphatic carbocycles. The zero-order valence-corrected chi connectivity index (χ0v) is 19.0. The molecule has 0 aliphatic heterocycles. The van der Waals surface area contributed by atoms with Gasteiger partial charge < -0.3 is 4.90 Å². The molecule has 0 N–H and O–H groups in total. The standard InChI is InChI=1S/C21H24N4O3S.ClH/c1-14-12-15(2)19-18(13-14)22-21(29-19)24(11-5-10-23(3)4)20(26)16-6-8-17(9-7-16)25(27)28;/h6-9,12-13H,5,10-11H2,1-4H3;1H. The zero-order chi connectivity index (χ0) is 21.1. The van der Waals surface area contributed by atoms with Crippen molar-refractivity contribution in [2.75, 3.05) is 32.1 Å². The molecule has 3 aromatic rings. The Morgan fingerprint density at radius 3 is 2.40 bits per heavy atom. The highest BCUT2D eigenvalue weighted by Gasteiger charge is 2.22. The molecule has 1 heterocycles. The number of amides is 1. The number of fused-ring (bicyclic) bond motifs is 1. The lowest BCUT2D eigenvalue weighted by Gasteiger charge is -2.21. The minimum Gasteiger partial charge on any atom is -0.309 e. The SMILES string of the molecule is Cc1cc(C)c2sc(N(CCCN(C)C)C(=O)c3ccc([N+](=O)[O-])cc3)nc2c1.Cl. The first-order valence-electron chi connectivity index (χ1n) is 9.35. The summed E-state index contributed by atoms with van der Waals surface area (Å²) in [6.45, 7) is 5.44. The molecule has 0 saturated heterocycles. The van der Waals surface area contributed by atoms with Gasteiger partial charge in [-0.05, 0) is 70.2 Å².